The fourth-order valence-corrected chi connectivity index (χ4v) is 2.37. The fraction of sp³-hybridized carbons (Fsp3) is 0.0833. The van der Waals surface area contributed by atoms with Crippen LogP contribution in [-0.4, -0.2) is 5.78 Å². The molecule has 82 valence electrons. The van der Waals surface area contributed by atoms with Crippen molar-refractivity contribution in [3.05, 3.63) is 56.5 Å². The Hall–Kier alpha value is -1.19. The Morgan fingerprint density at radius 2 is 2.06 bits per heavy atom. The normalized spacial score (nSPS) is 10.4. The minimum atomic E-state index is -0.491. The highest BCUT2D eigenvalue weighted by molar-refractivity contribution is 7.18. The van der Waals surface area contributed by atoms with Gasteiger partial charge in [0.05, 0.1) is 14.8 Å². The average Bonchev–Trinajstić information content (AvgIpc) is 2.64. The van der Waals surface area contributed by atoms with Crippen molar-refractivity contribution in [2.24, 2.45) is 0 Å². The van der Waals surface area contributed by atoms with E-state index in [4.69, 9.17) is 11.6 Å². The first-order chi connectivity index (χ1) is 7.58. The first-order valence-electron chi connectivity index (χ1n) is 4.64. The molecular formula is C12H8ClFOS. The zero-order valence-corrected chi connectivity index (χ0v) is 10.0. The van der Waals surface area contributed by atoms with Crippen molar-refractivity contribution in [3.8, 4) is 0 Å². The summed E-state index contributed by atoms with van der Waals surface area (Å²) in [5.74, 6) is -0.816. The number of benzene rings is 1. The highest BCUT2D eigenvalue weighted by Gasteiger charge is 2.15. The standard InChI is InChI=1S/C12H8ClFOS/c1-7-2-3-8(9(14)6-7)12(15)10-4-5-11(13)16-10/h2-6H,1H3. The summed E-state index contributed by atoms with van der Waals surface area (Å²) >= 11 is 6.88. The quantitative estimate of drug-likeness (QED) is 0.738. The third-order valence-corrected chi connectivity index (χ3v) is 3.40. The van der Waals surface area contributed by atoms with Crippen LogP contribution in [0.25, 0.3) is 0 Å². The number of carbonyl (C=O) groups is 1. The summed E-state index contributed by atoms with van der Waals surface area (Å²) < 4.78 is 14.1. The molecule has 0 aliphatic rings. The minimum absolute atomic E-state index is 0.0871. The molecule has 0 unspecified atom stereocenters. The van der Waals surface area contributed by atoms with E-state index in [1.54, 1.807) is 25.1 Å². The summed E-state index contributed by atoms with van der Waals surface area (Å²) in [6.07, 6.45) is 0. The van der Waals surface area contributed by atoms with Crippen LogP contribution in [0, 0.1) is 12.7 Å². The molecule has 2 rings (SSSR count). The monoisotopic (exact) mass is 254 g/mol. The highest BCUT2D eigenvalue weighted by atomic mass is 35.5. The maximum Gasteiger partial charge on any atom is 0.205 e. The van der Waals surface area contributed by atoms with Crippen LogP contribution < -0.4 is 0 Å². The summed E-state index contributed by atoms with van der Waals surface area (Å²) in [7, 11) is 0. The van der Waals surface area contributed by atoms with E-state index in [1.165, 1.54) is 12.1 Å². The lowest BCUT2D eigenvalue weighted by molar-refractivity contribution is 0.103. The van der Waals surface area contributed by atoms with Crippen molar-refractivity contribution in [3.63, 3.8) is 0 Å². The number of thiophene rings is 1. The van der Waals surface area contributed by atoms with Gasteiger partial charge in [0.2, 0.25) is 5.78 Å². The van der Waals surface area contributed by atoms with Crippen LogP contribution in [-0.2, 0) is 0 Å². The van der Waals surface area contributed by atoms with E-state index in [2.05, 4.69) is 0 Å². The van der Waals surface area contributed by atoms with Gasteiger partial charge in [0, 0.05) is 0 Å². The van der Waals surface area contributed by atoms with Gasteiger partial charge in [-0.2, -0.15) is 0 Å². The van der Waals surface area contributed by atoms with E-state index >= 15 is 0 Å². The molecule has 0 amide bonds. The Morgan fingerprint density at radius 3 is 2.62 bits per heavy atom. The van der Waals surface area contributed by atoms with E-state index in [9.17, 15) is 9.18 Å². The van der Waals surface area contributed by atoms with E-state index in [1.807, 2.05) is 0 Å². The molecule has 0 N–H and O–H groups in total. The molecule has 1 aromatic heterocycles. The van der Waals surface area contributed by atoms with Gasteiger partial charge in [-0.1, -0.05) is 17.7 Å². The summed E-state index contributed by atoms with van der Waals surface area (Å²) in [5, 5.41) is 0. The Kier molecular flexibility index (Phi) is 3.08. The van der Waals surface area contributed by atoms with Gasteiger partial charge in [-0.05, 0) is 36.8 Å². The topological polar surface area (TPSA) is 17.1 Å². The smallest absolute Gasteiger partial charge is 0.205 e. The van der Waals surface area contributed by atoms with Gasteiger partial charge in [-0.25, -0.2) is 4.39 Å². The van der Waals surface area contributed by atoms with Crippen molar-refractivity contribution in [2.45, 2.75) is 6.92 Å². The zero-order chi connectivity index (χ0) is 11.7. The summed E-state index contributed by atoms with van der Waals surface area (Å²) in [6.45, 7) is 1.78. The maximum absolute atomic E-state index is 13.5. The van der Waals surface area contributed by atoms with Crippen molar-refractivity contribution in [1.82, 2.24) is 0 Å². The third kappa shape index (κ3) is 2.15. The van der Waals surface area contributed by atoms with Crippen molar-refractivity contribution in [1.29, 1.82) is 0 Å². The van der Waals surface area contributed by atoms with Gasteiger partial charge in [0.15, 0.2) is 0 Å². The molecule has 4 heteroatoms. The van der Waals surface area contributed by atoms with Gasteiger partial charge < -0.3 is 0 Å². The molecule has 0 radical (unpaired) electrons. The molecule has 16 heavy (non-hydrogen) atoms. The molecule has 2 aromatic rings. The second-order valence-corrected chi connectivity index (χ2v) is 5.13. The molecule has 0 bridgehead atoms. The lowest BCUT2D eigenvalue weighted by atomic mass is 10.1. The Morgan fingerprint density at radius 1 is 1.31 bits per heavy atom. The van der Waals surface area contributed by atoms with Crippen molar-refractivity contribution >= 4 is 28.7 Å². The number of hydrogen-bond acceptors (Lipinski definition) is 2. The summed E-state index contributed by atoms with van der Waals surface area (Å²) in [4.78, 5) is 12.4. The average molecular weight is 255 g/mol. The molecule has 1 heterocycles. The highest BCUT2D eigenvalue weighted by Crippen LogP contribution is 2.24. The number of rotatable bonds is 2. The Balaban J connectivity index is 2.41. The summed E-state index contributed by atoms with van der Waals surface area (Å²) in [5.41, 5.74) is 0.877. The van der Waals surface area contributed by atoms with Crippen LogP contribution in [0.4, 0.5) is 4.39 Å². The number of hydrogen-bond donors (Lipinski definition) is 0. The predicted molar refractivity (Wildman–Crippen MR) is 63.9 cm³/mol. The minimum Gasteiger partial charge on any atom is -0.288 e. The molecule has 0 saturated heterocycles. The van der Waals surface area contributed by atoms with Gasteiger partial charge in [-0.15, -0.1) is 11.3 Å². The number of aryl methyl sites for hydroxylation is 1. The van der Waals surface area contributed by atoms with E-state index in [-0.39, 0.29) is 11.3 Å². The number of ketones is 1. The molecular weight excluding hydrogens is 247 g/mol. The summed E-state index contributed by atoms with van der Waals surface area (Å²) in [6, 6.07) is 7.80. The van der Waals surface area contributed by atoms with Gasteiger partial charge >= 0.3 is 0 Å². The van der Waals surface area contributed by atoms with Gasteiger partial charge in [0.25, 0.3) is 0 Å². The second kappa shape index (κ2) is 4.36. The lowest BCUT2D eigenvalue weighted by Crippen LogP contribution is -2.02. The van der Waals surface area contributed by atoms with Gasteiger partial charge in [-0.3, -0.25) is 4.79 Å². The molecule has 0 aliphatic heterocycles. The van der Waals surface area contributed by atoms with E-state index in [0.717, 1.165) is 16.9 Å². The third-order valence-electron chi connectivity index (χ3n) is 2.17. The first kappa shape index (κ1) is 11.3. The van der Waals surface area contributed by atoms with Crippen molar-refractivity contribution in [2.75, 3.05) is 0 Å². The van der Waals surface area contributed by atoms with Crippen LogP contribution in [0.2, 0.25) is 4.34 Å². The number of carbonyl (C=O) groups excluding carboxylic acids is 1. The van der Waals surface area contributed by atoms with E-state index < -0.39 is 5.82 Å². The molecule has 0 aliphatic carbocycles. The molecule has 1 nitrogen and oxygen atoms in total. The predicted octanol–water partition coefficient (Wildman–Crippen LogP) is 4.08. The largest absolute Gasteiger partial charge is 0.288 e. The SMILES string of the molecule is Cc1ccc(C(=O)c2ccc(Cl)s2)c(F)c1. The molecule has 0 fully saturated rings. The van der Waals surface area contributed by atoms with Crippen LogP contribution in [0.1, 0.15) is 20.8 Å². The Labute approximate surface area is 101 Å². The second-order valence-electron chi connectivity index (χ2n) is 3.42. The zero-order valence-electron chi connectivity index (χ0n) is 8.46. The van der Waals surface area contributed by atoms with Crippen LogP contribution >= 0.6 is 22.9 Å². The molecule has 0 saturated carbocycles. The fourth-order valence-electron chi connectivity index (χ4n) is 1.37. The van der Waals surface area contributed by atoms with Crippen LogP contribution in [0.3, 0.4) is 0 Å². The lowest BCUT2D eigenvalue weighted by Gasteiger charge is -2.01. The number of halogens is 2. The Bertz CT molecular complexity index is 548. The molecule has 0 atom stereocenters. The van der Waals surface area contributed by atoms with Crippen LogP contribution in [0.15, 0.2) is 30.3 Å². The van der Waals surface area contributed by atoms with E-state index in [0.29, 0.717) is 9.21 Å². The van der Waals surface area contributed by atoms with Crippen molar-refractivity contribution < 1.29 is 9.18 Å². The van der Waals surface area contributed by atoms with Crippen LogP contribution in [0.5, 0.6) is 0 Å². The van der Waals surface area contributed by atoms with Gasteiger partial charge in [0.1, 0.15) is 5.82 Å². The first-order valence-corrected chi connectivity index (χ1v) is 5.83. The molecule has 1 aromatic carbocycles. The molecule has 0 spiro atoms. The maximum atomic E-state index is 13.5.